The molecule has 0 radical (unpaired) electrons. The van der Waals surface area contributed by atoms with Crippen molar-refractivity contribution in [1.29, 1.82) is 0 Å². The lowest BCUT2D eigenvalue weighted by atomic mass is 9.91. The lowest BCUT2D eigenvalue weighted by molar-refractivity contribution is -0.135. The Morgan fingerprint density at radius 3 is 2.33 bits per heavy atom. The molecule has 1 N–H and O–H groups in total. The summed E-state index contributed by atoms with van der Waals surface area (Å²) >= 11 is 0. The quantitative estimate of drug-likeness (QED) is 0.732. The van der Waals surface area contributed by atoms with Gasteiger partial charge in [-0.25, -0.2) is 9.67 Å². The van der Waals surface area contributed by atoms with Gasteiger partial charge in [-0.1, -0.05) is 61.4 Å². The topological polar surface area (TPSA) is 80.1 Å². The molecule has 0 bridgehead atoms. The molecule has 7 heteroatoms. The van der Waals surface area contributed by atoms with E-state index in [-0.39, 0.29) is 17.6 Å². The first kappa shape index (κ1) is 18.5. The SMILES string of the molecule is O=C(c1nc(-c2ccccc2)n(-c2ccccc2)n1)N1CCNC(=O)C12CCCC2. The molecule has 3 aromatic rings. The summed E-state index contributed by atoms with van der Waals surface area (Å²) in [6.45, 7) is 0.933. The van der Waals surface area contributed by atoms with Crippen LogP contribution in [0.1, 0.15) is 36.3 Å². The van der Waals surface area contributed by atoms with Crippen LogP contribution in [0.4, 0.5) is 0 Å². The van der Waals surface area contributed by atoms with E-state index in [1.165, 1.54) is 0 Å². The Balaban J connectivity index is 1.59. The normalized spacial score (nSPS) is 17.9. The van der Waals surface area contributed by atoms with Crippen molar-refractivity contribution in [1.82, 2.24) is 25.0 Å². The van der Waals surface area contributed by atoms with Gasteiger partial charge in [-0.2, -0.15) is 0 Å². The highest BCUT2D eigenvalue weighted by Crippen LogP contribution is 2.37. The van der Waals surface area contributed by atoms with Crippen molar-refractivity contribution in [2.45, 2.75) is 31.2 Å². The Morgan fingerprint density at radius 2 is 1.63 bits per heavy atom. The zero-order valence-corrected chi connectivity index (χ0v) is 16.6. The maximum atomic E-state index is 13.5. The first-order valence-electron chi connectivity index (χ1n) is 10.4. The number of nitrogens with one attached hydrogen (secondary N) is 1. The van der Waals surface area contributed by atoms with E-state index in [0.29, 0.717) is 31.8 Å². The molecule has 1 saturated carbocycles. The van der Waals surface area contributed by atoms with E-state index in [1.54, 1.807) is 9.58 Å². The number of hydrogen-bond acceptors (Lipinski definition) is 4. The van der Waals surface area contributed by atoms with E-state index < -0.39 is 5.54 Å². The monoisotopic (exact) mass is 401 g/mol. The fourth-order valence-corrected chi connectivity index (χ4v) is 4.58. The van der Waals surface area contributed by atoms with Crippen molar-refractivity contribution in [2.24, 2.45) is 0 Å². The maximum absolute atomic E-state index is 13.5. The highest BCUT2D eigenvalue weighted by Gasteiger charge is 2.50. The molecule has 2 aromatic carbocycles. The fourth-order valence-electron chi connectivity index (χ4n) is 4.58. The average molecular weight is 401 g/mol. The van der Waals surface area contributed by atoms with Crippen LogP contribution < -0.4 is 5.32 Å². The average Bonchev–Trinajstić information content (AvgIpc) is 3.45. The number of amides is 2. The van der Waals surface area contributed by atoms with Gasteiger partial charge in [0.05, 0.1) is 5.69 Å². The molecule has 1 saturated heterocycles. The smallest absolute Gasteiger partial charge is 0.294 e. The van der Waals surface area contributed by atoms with Crippen molar-refractivity contribution in [3.05, 3.63) is 66.5 Å². The fraction of sp³-hybridized carbons (Fsp3) is 0.304. The van der Waals surface area contributed by atoms with Crippen LogP contribution in [0.15, 0.2) is 60.7 Å². The summed E-state index contributed by atoms with van der Waals surface area (Å²) in [5.74, 6) is 0.398. The number of carbonyl (C=O) groups excluding carboxylic acids is 2. The molecule has 1 aromatic heterocycles. The zero-order valence-electron chi connectivity index (χ0n) is 16.6. The zero-order chi connectivity index (χ0) is 20.6. The Bertz CT molecular complexity index is 1010. The second kappa shape index (κ2) is 7.40. The Labute approximate surface area is 174 Å². The van der Waals surface area contributed by atoms with Gasteiger partial charge in [0.1, 0.15) is 5.54 Å². The van der Waals surface area contributed by atoms with Crippen LogP contribution in [-0.4, -0.2) is 50.1 Å². The predicted octanol–water partition coefficient (Wildman–Crippen LogP) is 2.82. The molecule has 0 unspecified atom stereocenters. The predicted molar refractivity (Wildman–Crippen MR) is 112 cm³/mol. The first-order valence-corrected chi connectivity index (χ1v) is 10.4. The van der Waals surface area contributed by atoms with Crippen LogP contribution >= 0.6 is 0 Å². The van der Waals surface area contributed by atoms with E-state index >= 15 is 0 Å². The van der Waals surface area contributed by atoms with Crippen LogP contribution in [0.3, 0.4) is 0 Å². The van der Waals surface area contributed by atoms with E-state index in [4.69, 9.17) is 0 Å². The minimum absolute atomic E-state index is 0.0506. The summed E-state index contributed by atoms with van der Waals surface area (Å²) in [5, 5.41) is 7.53. The largest absolute Gasteiger partial charge is 0.352 e. The summed E-state index contributed by atoms with van der Waals surface area (Å²) in [6, 6.07) is 19.4. The number of aromatic nitrogens is 3. The molecule has 2 aliphatic rings. The van der Waals surface area contributed by atoms with Crippen molar-refractivity contribution in [2.75, 3.05) is 13.1 Å². The van der Waals surface area contributed by atoms with Crippen LogP contribution in [0.25, 0.3) is 17.1 Å². The van der Waals surface area contributed by atoms with Gasteiger partial charge in [0, 0.05) is 18.7 Å². The number of piperazine rings is 1. The lowest BCUT2D eigenvalue weighted by Crippen LogP contribution is -2.65. The summed E-state index contributed by atoms with van der Waals surface area (Å²) in [4.78, 5) is 32.6. The van der Waals surface area contributed by atoms with E-state index in [2.05, 4.69) is 15.4 Å². The molecule has 2 amide bonds. The molecule has 1 aliphatic heterocycles. The number of nitrogens with zero attached hydrogens (tertiary/aromatic N) is 4. The lowest BCUT2D eigenvalue weighted by Gasteiger charge is -2.43. The highest BCUT2D eigenvalue weighted by atomic mass is 16.2. The first-order chi connectivity index (χ1) is 14.7. The standard InChI is InChI=1S/C23H23N5O2/c29-21(27-16-15-24-22(30)23(27)13-7-8-14-23)19-25-20(17-9-3-1-4-10-17)28(26-19)18-11-5-2-6-12-18/h1-6,9-12H,7-8,13-16H2,(H,24,30). The van der Waals surface area contributed by atoms with E-state index in [1.807, 2.05) is 60.7 Å². The molecule has 5 rings (SSSR count). The van der Waals surface area contributed by atoms with Gasteiger partial charge in [0.2, 0.25) is 11.7 Å². The van der Waals surface area contributed by atoms with Crippen molar-refractivity contribution in [3.8, 4) is 17.1 Å². The number of hydrogen-bond donors (Lipinski definition) is 1. The third kappa shape index (κ3) is 2.98. The Kier molecular flexibility index (Phi) is 4.58. The van der Waals surface area contributed by atoms with E-state index in [0.717, 1.165) is 24.1 Å². The third-order valence-corrected chi connectivity index (χ3v) is 6.07. The van der Waals surface area contributed by atoms with E-state index in [9.17, 15) is 9.59 Å². The second-order valence-corrected chi connectivity index (χ2v) is 7.82. The molecule has 30 heavy (non-hydrogen) atoms. The molecule has 2 fully saturated rings. The second-order valence-electron chi connectivity index (χ2n) is 7.82. The van der Waals surface area contributed by atoms with Crippen LogP contribution in [0.5, 0.6) is 0 Å². The minimum Gasteiger partial charge on any atom is -0.352 e. The number of rotatable bonds is 3. The summed E-state index contributed by atoms with van der Waals surface area (Å²) in [5.41, 5.74) is 0.940. The van der Waals surface area contributed by atoms with Gasteiger partial charge >= 0.3 is 0 Å². The Morgan fingerprint density at radius 1 is 0.967 bits per heavy atom. The minimum atomic E-state index is -0.763. The van der Waals surface area contributed by atoms with Crippen LogP contribution in [-0.2, 0) is 4.79 Å². The van der Waals surface area contributed by atoms with Crippen LogP contribution in [0.2, 0.25) is 0 Å². The third-order valence-electron chi connectivity index (χ3n) is 6.07. The summed E-state index contributed by atoms with van der Waals surface area (Å²) in [7, 11) is 0. The summed E-state index contributed by atoms with van der Waals surface area (Å²) < 4.78 is 1.70. The molecule has 2 heterocycles. The van der Waals surface area contributed by atoms with Gasteiger partial charge in [-0.3, -0.25) is 9.59 Å². The molecular weight excluding hydrogens is 378 g/mol. The van der Waals surface area contributed by atoms with Crippen molar-refractivity contribution in [3.63, 3.8) is 0 Å². The van der Waals surface area contributed by atoms with Crippen LogP contribution in [0, 0.1) is 0 Å². The maximum Gasteiger partial charge on any atom is 0.294 e. The molecule has 1 aliphatic carbocycles. The highest BCUT2D eigenvalue weighted by molar-refractivity contribution is 5.98. The molecule has 152 valence electrons. The van der Waals surface area contributed by atoms with Crippen molar-refractivity contribution < 1.29 is 9.59 Å². The van der Waals surface area contributed by atoms with Gasteiger partial charge < -0.3 is 10.2 Å². The number of para-hydroxylation sites is 1. The number of carbonyl (C=O) groups is 2. The molecule has 7 nitrogen and oxygen atoms in total. The summed E-state index contributed by atoms with van der Waals surface area (Å²) in [6.07, 6.45) is 3.27. The molecular formula is C23H23N5O2. The van der Waals surface area contributed by atoms with Gasteiger partial charge in [0.25, 0.3) is 5.91 Å². The molecule has 1 spiro atoms. The Hall–Kier alpha value is -3.48. The number of benzene rings is 2. The van der Waals surface area contributed by atoms with Gasteiger partial charge in [-0.05, 0) is 25.0 Å². The molecule has 0 atom stereocenters. The van der Waals surface area contributed by atoms with Gasteiger partial charge in [-0.15, -0.1) is 5.10 Å². The van der Waals surface area contributed by atoms with Crippen molar-refractivity contribution >= 4 is 11.8 Å². The van der Waals surface area contributed by atoms with Gasteiger partial charge in [0.15, 0.2) is 5.82 Å².